The number of amides is 2. The molecule has 8 nitrogen and oxygen atoms in total. The Morgan fingerprint density at radius 1 is 0.966 bits per heavy atom. The van der Waals surface area contributed by atoms with Gasteiger partial charge in [-0.2, -0.15) is 0 Å². The molecular weight excluding hydrogens is 376 g/mol. The van der Waals surface area contributed by atoms with Crippen molar-refractivity contribution in [1.29, 1.82) is 0 Å². The smallest absolute Gasteiger partial charge is 0.312 e. The Bertz CT molecular complexity index is 911. The summed E-state index contributed by atoms with van der Waals surface area (Å²) in [6.45, 7) is 3.36. The van der Waals surface area contributed by atoms with Crippen LogP contribution in [0.4, 0.5) is 0 Å². The van der Waals surface area contributed by atoms with Gasteiger partial charge in [0.1, 0.15) is 6.04 Å². The normalized spacial score (nSPS) is 12.6. The molecule has 0 radical (unpaired) electrons. The molecule has 2 aromatic carbocycles. The molecule has 0 saturated heterocycles. The first-order valence-electron chi connectivity index (χ1n) is 9.28. The van der Waals surface area contributed by atoms with Gasteiger partial charge in [-0.1, -0.05) is 30.3 Å². The number of hydrogen-bond donors (Lipinski definition) is 2. The molecule has 0 unspecified atom stereocenters. The number of carbonyl (C=O) groups excluding carboxylic acids is 4. The first-order chi connectivity index (χ1) is 13.9. The van der Waals surface area contributed by atoms with Gasteiger partial charge in [0.2, 0.25) is 5.91 Å². The lowest BCUT2D eigenvalue weighted by molar-refractivity contribution is -0.156. The number of rotatable bonds is 9. The number of ether oxygens (including phenoxy) is 2. The quantitative estimate of drug-likeness (QED) is 0.616. The van der Waals surface area contributed by atoms with Crippen molar-refractivity contribution in [1.82, 2.24) is 5.32 Å². The first-order valence-corrected chi connectivity index (χ1v) is 9.28. The second-order valence-corrected chi connectivity index (χ2v) is 6.28. The highest BCUT2D eigenvalue weighted by Gasteiger charge is 2.37. The van der Waals surface area contributed by atoms with E-state index in [4.69, 9.17) is 15.2 Å². The van der Waals surface area contributed by atoms with Gasteiger partial charge < -0.3 is 20.5 Å². The standard InChI is InChI=1S/C21H24N2O6/c1-3-28-17(24)12-16(21(27)29-4-2)18(19(22)25)23-20(26)15-10-9-13-7-5-6-8-14(13)11-15/h5-11,16,18H,3-4,12H2,1-2H3,(H2,22,25)(H,23,26)/t16-,18-/m0/s1. The lowest BCUT2D eigenvalue weighted by atomic mass is 9.94. The van der Waals surface area contributed by atoms with E-state index in [1.54, 1.807) is 32.0 Å². The maximum absolute atomic E-state index is 12.7. The van der Waals surface area contributed by atoms with Crippen LogP contribution >= 0.6 is 0 Å². The molecular formula is C21H24N2O6. The zero-order chi connectivity index (χ0) is 21.4. The van der Waals surface area contributed by atoms with Gasteiger partial charge in [-0.05, 0) is 36.8 Å². The first kappa shape index (κ1) is 21.9. The van der Waals surface area contributed by atoms with Crippen LogP contribution in [0.15, 0.2) is 42.5 Å². The fourth-order valence-corrected chi connectivity index (χ4v) is 2.91. The Labute approximate surface area is 168 Å². The van der Waals surface area contributed by atoms with Gasteiger partial charge in [0, 0.05) is 5.56 Å². The molecule has 2 atom stereocenters. The molecule has 0 spiro atoms. The summed E-state index contributed by atoms with van der Waals surface area (Å²) in [6.07, 6.45) is -0.446. The van der Waals surface area contributed by atoms with Gasteiger partial charge in [0.05, 0.1) is 25.6 Å². The molecule has 29 heavy (non-hydrogen) atoms. The summed E-state index contributed by atoms with van der Waals surface area (Å²) < 4.78 is 9.81. The third kappa shape index (κ3) is 5.78. The summed E-state index contributed by atoms with van der Waals surface area (Å²) in [4.78, 5) is 49.0. The number of carbonyl (C=O) groups is 4. The zero-order valence-electron chi connectivity index (χ0n) is 16.3. The zero-order valence-corrected chi connectivity index (χ0v) is 16.3. The number of hydrogen-bond acceptors (Lipinski definition) is 6. The third-order valence-corrected chi connectivity index (χ3v) is 4.29. The van der Waals surface area contributed by atoms with Crippen molar-refractivity contribution in [2.75, 3.05) is 13.2 Å². The summed E-state index contributed by atoms with van der Waals surface area (Å²) in [7, 11) is 0. The number of esters is 2. The Balaban J connectivity index is 2.27. The van der Waals surface area contributed by atoms with Crippen molar-refractivity contribution < 1.29 is 28.7 Å². The van der Waals surface area contributed by atoms with Crippen LogP contribution in [0.25, 0.3) is 10.8 Å². The van der Waals surface area contributed by atoms with E-state index in [9.17, 15) is 19.2 Å². The summed E-state index contributed by atoms with van der Waals surface area (Å²) >= 11 is 0. The predicted octanol–water partition coefficient (Wildman–Crippen LogP) is 1.56. The van der Waals surface area contributed by atoms with Crippen molar-refractivity contribution in [2.45, 2.75) is 26.3 Å². The van der Waals surface area contributed by atoms with Gasteiger partial charge in [-0.25, -0.2) is 0 Å². The van der Waals surface area contributed by atoms with Crippen molar-refractivity contribution in [3.05, 3.63) is 48.0 Å². The van der Waals surface area contributed by atoms with E-state index in [0.717, 1.165) is 10.8 Å². The molecule has 0 fully saturated rings. The van der Waals surface area contributed by atoms with Crippen LogP contribution in [0.1, 0.15) is 30.6 Å². The minimum Gasteiger partial charge on any atom is -0.466 e. The van der Waals surface area contributed by atoms with Crippen LogP contribution in [-0.4, -0.2) is 43.0 Å². The molecule has 2 amide bonds. The fraction of sp³-hybridized carbons (Fsp3) is 0.333. The molecule has 0 aromatic heterocycles. The van der Waals surface area contributed by atoms with Crippen LogP contribution in [0.5, 0.6) is 0 Å². The van der Waals surface area contributed by atoms with Gasteiger partial charge in [0.15, 0.2) is 0 Å². The molecule has 0 saturated carbocycles. The summed E-state index contributed by atoms with van der Waals surface area (Å²) in [6, 6.07) is 11.1. The van der Waals surface area contributed by atoms with Gasteiger partial charge in [0.25, 0.3) is 5.91 Å². The van der Waals surface area contributed by atoms with Gasteiger partial charge >= 0.3 is 11.9 Å². The number of benzene rings is 2. The number of fused-ring (bicyclic) bond motifs is 1. The second-order valence-electron chi connectivity index (χ2n) is 6.28. The van der Waals surface area contributed by atoms with Crippen LogP contribution in [-0.2, 0) is 23.9 Å². The fourth-order valence-electron chi connectivity index (χ4n) is 2.91. The SMILES string of the molecule is CCOC(=O)C[C@H](C(=O)OCC)[C@H](NC(=O)c1ccc2ccccc2c1)C(N)=O. The molecule has 154 valence electrons. The molecule has 2 rings (SSSR count). The van der Waals surface area contributed by atoms with Crippen molar-refractivity contribution in [3.63, 3.8) is 0 Å². The van der Waals surface area contributed by atoms with Crippen LogP contribution in [0, 0.1) is 5.92 Å². The number of nitrogens with one attached hydrogen (secondary N) is 1. The molecule has 8 heteroatoms. The lowest BCUT2D eigenvalue weighted by Gasteiger charge is -2.23. The van der Waals surface area contributed by atoms with E-state index >= 15 is 0 Å². The van der Waals surface area contributed by atoms with E-state index in [0.29, 0.717) is 0 Å². The maximum Gasteiger partial charge on any atom is 0.312 e. The molecule has 0 aliphatic heterocycles. The monoisotopic (exact) mass is 400 g/mol. The number of nitrogens with two attached hydrogens (primary N) is 1. The highest BCUT2D eigenvalue weighted by atomic mass is 16.5. The Kier molecular flexibility index (Phi) is 7.70. The van der Waals surface area contributed by atoms with E-state index < -0.39 is 42.1 Å². The summed E-state index contributed by atoms with van der Waals surface area (Å²) in [5.74, 6) is -4.37. The Morgan fingerprint density at radius 2 is 1.62 bits per heavy atom. The minimum absolute atomic E-state index is 0.0439. The topological polar surface area (TPSA) is 125 Å². The minimum atomic E-state index is -1.43. The maximum atomic E-state index is 12.7. The van der Waals surface area contributed by atoms with E-state index in [-0.39, 0.29) is 18.8 Å². The van der Waals surface area contributed by atoms with Crippen LogP contribution < -0.4 is 11.1 Å². The van der Waals surface area contributed by atoms with Gasteiger partial charge in [-0.15, -0.1) is 0 Å². The van der Waals surface area contributed by atoms with E-state index in [1.807, 2.05) is 24.3 Å². The van der Waals surface area contributed by atoms with Gasteiger partial charge in [-0.3, -0.25) is 19.2 Å². The van der Waals surface area contributed by atoms with Crippen LogP contribution in [0.2, 0.25) is 0 Å². The molecule has 0 aliphatic rings. The third-order valence-electron chi connectivity index (χ3n) is 4.29. The average molecular weight is 400 g/mol. The molecule has 0 heterocycles. The summed E-state index contributed by atoms with van der Waals surface area (Å²) in [5.41, 5.74) is 5.71. The van der Waals surface area contributed by atoms with Crippen LogP contribution in [0.3, 0.4) is 0 Å². The van der Waals surface area contributed by atoms with Crippen molar-refractivity contribution in [2.24, 2.45) is 11.7 Å². The largest absolute Gasteiger partial charge is 0.466 e. The van der Waals surface area contributed by atoms with E-state index in [2.05, 4.69) is 5.32 Å². The second kappa shape index (κ2) is 10.2. The molecule has 0 bridgehead atoms. The Morgan fingerprint density at radius 3 is 2.24 bits per heavy atom. The van der Waals surface area contributed by atoms with E-state index in [1.165, 1.54) is 0 Å². The highest BCUT2D eigenvalue weighted by molar-refractivity contribution is 6.01. The lowest BCUT2D eigenvalue weighted by Crippen LogP contribution is -2.52. The van der Waals surface area contributed by atoms with Crippen molar-refractivity contribution >= 4 is 34.5 Å². The predicted molar refractivity (Wildman–Crippen MR) is 106 cm³/mol. The summed E-state index contributed by atoms with van der Waals surface area (Å²) in [5, 5.41) is 4.25. The highest BCUT2D eigenvalue weighted by Crippen LogP contribution is 2.18. The molecule has 0 aliphatic carbocycles. The average Bonchev–Trinajstić information content (AvgIpc) is 2.70. The number of primary amides is 1. The van der Waals surface area contributed by atoms with Crippen molar-refractivity contribution in [3.8, 4) is 0 Å². The molecule has 3 N–H and O–H groups in total. The Hall–Kier alpha value is -3.42. The molecule has 2 aromatic rings.